The lowest BCUT2D eigenvalue weighted by Gasteiger charge is -2.12. The molecule has 1 N–H and O–H groups in total. The molecule has 1 unspecified atom stereocenters. The normalized spacial score (nSPS) is 23.9. The Balaban J connectivity index is 1.56. The maximum absolute atomic E-state index is 5.85. The molecule has 2 heterocycles. The van der Waals surface area contributed by atoms with Crippen molar-refractivity contribution in [2.24, 2.45) is 0 Å². The first-order valence-corrected chi connectivity index (χ1v) is 6.33. The highest BCUT2D eigenvalue weighted by Gasteiger charge is 2.20. The van der Waals surface area contributed by atoms with Crippen molar-refractivity contribution < 1.29 is 9.47 Å². The highest BCUT2D eigenvalue weighted by molar-refractivity contribution is 5.23. The standard InChI is InChI=1S/C13H18N2O2/c1-2-10(1)15-8-11-7-12(3-5-14-11)17-13-4-6-16-9-13/h3,5,7,10,13,15H,1-2,4,6,8-9H2. The van der Waals surface area contributed by atoms with Crippen molar-refractivity contribution in [1.29, 1.82) is 0 Å². The molecule has 1 saturated heterocycles. The maximum atomic E-state index is 5.85. The second-order valence-corrected chi connectivity index (χ2v) is 4.74. The van der Waals surface area contributed by atoms with Gasteiger partial charge in [-0.2, -0.15) is 0 Å². The molecule has 92 valence electrons. The van der Waals surface area contributed by atoms with Gasteiger partial charge in [-0.05, 0) is 18.9 Å². The molecular formula is C13H18N2O2. The van der Waals surface area contributed by atoms with Gasteiger partial charge in [-0.15, -0.1) is 0 Å². The molecule has 3 rings (SSSR count). The molecule has 1 atom stereocenters. The first-order valence-electron chi connectivity index (χ1n) is 6.33. The fourth-order valence-corrected chi connectivity index (χ4v) is 1.96. The molecule has 1 aromatic heterocycles. The van der Waals surface area contributed by atoms with Crippen molar-refractivity contribution in [3.8, 4) is 5.75 Å². The number of pyridine rings is 1. The van der Waals surface area contributed by atoms with E-state index in [2.05, 4.69) is 10.3 Å². The third-order valence-corrected chi connectivity index (χ3v) is 3.13. The molecule has 1 aliphatic heterocycles. The van der Waals surface area contributed by atoms with Gasteiger partial charge in [0.25, 0.3) is 0 Å². The predicted octanol–water partition coefficient (Wildman–Crippen LogP) is 1.50. The minimum Gasteiger partial charge on any atom is -0.488 e. The Morgan fingerprint density at radius 1 is 1.41 bits per heavy atom. The van der Waals surface area contributed by atoms with Crippen LogP contribution in [0.2, 0.25) is 0 Å². The first-order chi connectivity index (χ1) is 8.40. The maximum Gasteiger partial charge on any atom is 0.124 e. The summed E-state index contributed by atoms with van der Waals surface area (Å²) in [4.78, 5) is 4.34. The lowest BCUT2D eigenvalue weighted by atomic mass is 10.3. The molecular weight excluding hydrogens is 216 g/mol. The summed E-state index contributed by atoms with van der Waals surface area (Å²) >= 11 is 0. The third kappa shape index (κ3) is 3.17. The number of nitrogens with one attached hydrogen (secondary N) is 1. The molecule has 4 nitrogen and oxygen atoms in total. The molecule has 4 heteroatoms. The van der Waals surface area contributed by atoms with Crippen molar-refractivity contribution in [1.82, 2.24) is 10.3 Å². The highest BCUT2D eigenvalue weighted by atomic mass is 16.5. The zero-order valence-corrected chi connectivity index (χ0v) is 9.89. The van der Waals surface area contributed by atoms with Crippen LogP contribution in [0.1, 0.15) is 25.0 Å². The Bertz CT molecular complexity index is 373. The van der Waals surface area contributed by atoms with Crippen LogP contribution < -0.4 is 10.1 Å². The average molecular weight is 234 g/mol. The summed E-state index contributed by atoms with van der Waals surface area (Å²) in [6.07, 6.45) is 5.61. The second-order valence-electron chi connectivity index (χ2n) is 4.74. The number of hydrogen-bond acceptors (Lipinski definition) is 4. The Kier molecular flexibility index (Phi) is 3.25. The Labute approximate surface area is 101 Å². The zero-order chi connectivity index (χ0) is 11.5. The topological polar surface area (TPSA) is 43.4 Å². The van der Waals surface area contributed by atoms with Crippen LogP contribution in [0.4, 0.5) is 0 Å². The van der Waals surface area contributed by atoms with Gasteiger partial charge in [0.2, 0.25) is 0 Å². The monoisotopic (exact) mass is 234 g/mol. The number of hydrogen-bond donors (Lipinski definition) is 1. The van der Waals surface area contributed by atoms with E-state index in [1.54, 1.807) is 0 Å². The molecule has 2 aliphatic rings. The van der Waals surface area contributed by atoms with Gasteiger partial charge < -0.3 is 14.8 Å². The fourth-order valence-electron chi connectivity index (χ4n) is 1.96. The lowest BCUT2D eigenvalue weighted by Crippen LogP contribution is -2.18. The van der Waals surface area contributed by atoms with Crippen LogP contribution in [0.5, 0.6) is 5.75 Å². The molecule has 1 aliphatic carbocycles. The van der Waals surface area contributed by atoms with E-state index in [0.717, 1.165) is 31.0 Å². The van der Waals surface area contributed by atoms with Crippen molar-refractivity contribution in [2.75, 3.05) is 13.2 Å². The Morgan fingerprint density at radius 2 is 2.35 bits per heavy atom. The van der Waals surface area contributed by atoms with Crippen LogP contribution in [-0.2, 0) is 11.3 Å². The summed E-state index contributed by atoms with van der Waals surface area (Å²) in [6, 6.07) is 4.65. The van der Waals surface area contributed by atoms with E-state index in [-0.39, 0.29) is 6.10 Å². The summed E-state index contributed by atoms with van der Waals surface area (Å²) in [5.74, 6) is 0.906. The SMILES string of the molecule is c1cc(OC2CCOC2)cc(CNC2CC2)n1. The molecule has 0 aromatic carbocycles. The number of rotatable bonds is 5. The van der Waals surface area contributed by atoms with E-state index in [1.165, 1.54) is 12.8 Å². The fraction of sp³-hybridized carbons (Fsp3) is 0.615. The van der Waals surface area contributed by atoms with E-state index in [9.17, 15) is 0 Å². The quantitative estimate of drug-likeness (QED) is 0.838. The van der Waals surface area contributed by atoms with Crippen LogP contribution in [-0.4, -0.2) is 30.3 Å². The van der Waals surface area contributed by atoms with Gasteiger partial charge in [-0.3, -0.25) is 4.98 Å². The van der Waals surface area contributed by atoms with Crippen LogP contribution in [0.25, 0.3) is 0 Å². The molecule has 1 saturated carbocycles. The van der Waals surface area contributed by atoms with E-state index in [4.69, 9.17) is 9.47 Å². The van der Waals surface area contributed by atoms with E-state index >= 15 is 0 Å². The first kappa shape index (κ1) is 11.0. The summed E-state index contributed by atoms with van der Waals surface area (Å²) in [6.45, 7) is 2.35. The van der Waals surface area contributed by atoms with Crippen molar-refractivity contribution >= 4 is 0 Å². The van der Waals surface area contributed by atoms with Gasteiger partial charge in [0.1, 0.15) is 11.9 Å². The predicted molar refractivity (Wildman–Crippen MR) is 64.0 cm³/mol. The van der Waals surface area contributed by atoms with Gasteiger partial charge in [0, 0.05) is 31.3 Å². The molecule has 0 radical (unpaired) electrons. The highest BCUT2D eigenvalue weighted by Crippen LogP contribution is 2.20. The summed E-state index contributed by atoms with van der Waals surface area (Å²) in [5.41, 5.74) is 1.05. The van der Waals surface area contributed by atoms with Gasteiger partial charge in [-0.1, -0.05) is 0 Å². The molecule has 0 bridgehead atoms. The van der Waals surface area contributed by atoms with Crippen LogP contribution in [0.15, 0.2) is 18.3 Å². The number of ether oxygens (including phenoxy) is 2. The van der Waals surface area contributed by atoms with Crippen molar-refractivity contribution in [3.05, 3.63) is 24.0 Å². The van der Waals surface area contributed by atoms with E-state index in [1.807, 2.05) is 18.3 Å². The minimum atomic E-state index is 0.210. The summed E-state index contributed by atoms with van der Waals surface area (Å²) in [7, 11) is 0. The van der Waals surface area contributed by atoms with Crippen molar-refractivity contribution in [2.45, 2.75) is 38.0 Å². The molecule has 17 heavy (non-hydrogen) atoms. The largest absolute Gasteiger partial charge is 0.488 e. The summed E-state index contributed by atoms with van der Waals surface area (Å²) in [5, 5.41) is 3.45. The number of nitrogens with zero attached hydrogens (tertiary/aromatic N) is 1. The van der Waals surface area contributed by atoms with Crippen LogP contribution in [0.3, 0.4) is 0 Å². The van der Waals surface area contributed by atoms with Gasteiger partial charge in [0.05, 0.1) is 18.9 Å². The van der Waals surface area contributed by atoms with E-state index in [0.29, 0.717) is 12.6 Å². The van der Waals surface area contributed by atoms with Crippen LogP contribution >= 0.6 is 0 Å². The molecule has 2 fully saturated rings. The molecule has 0 amide bonds. The van der Waals surface area contributed by atoms with Gasteiger partial charge >= 0.3 is 0 Å². The minimum absolute atomic E-state index is 0.210. The third-order valence-electron chi connectivity index (χ3n) is 3.13. The molecule has 0 spiro atoms. The second kappa shape index (κ2) is 5.02. The smallest absolute Gasteiger partial charge is 0.124 e. The Morgan fingerprint density at radius 3 is 3.12 bits per heavy atom. The summed E-state index contributed by atoms with van der Waals surface area (Å²) < 4.78 is 11.1. The van der Waals surface area contributed by atoms with Crippen LogP contribution in [0, 0.1) is 0 Å². The number of aromatic nitrogens is 1. The zero-order valence-electron chi connectivity index (χ0n) is 9.89. The lowest BCUT2D eigenvalue weighted by molar-refractivity contribution is 0.141. The average Bonchev–Trinajstić information content (AvgIpc) is 3.05. The molecule has 1 aromatic rings. The van der Waals surface area contributed by atoms with Gasteiger partial charge in [-0.25, -0.2) is 0 Å². The van der Waals surface area contributed by atoms with Gasteiger partial charge in [0.15, 0.2) is 0 Å². The van der Waals surface area contributed by atoms with Crippen molar-refractivity contribution in [3.63, 3.8) is 0 Å². The van der Waals surface area contributed by atoms with E-state index < -0.39 is 0 Å². The Hall–Kier alpha value is -1.13.